The first-order chi connectivity index (χ1) is 12.4. The Hall–Kier alpha value is -2.15. The van der Waals surface area contributed by atoms with E-state index < -0.39 is 0 Å². The molecule has 0 spiro atoms. The molecule has 0 aliphatic heterocycles. The van der Waals surface area contributed by atoms with Crippen LogP contribution in [0.2, 0.25) is 10.2 Å². The fourth-order valence-electron chi connectivity index (χ4n) is 2.57. The summed E-state index contributed by atoms with van der Waals surface area (Å²) in [4.78, 5) is 9.07. The number of hydrogen-bond acceptors (Lipinski definition) is 6. The molecule has 26 heavy (non-hydrogen) atoms. The van der Waals surface area contributed by atoms with E-state index >= 15 is 0 Å². The lowest BCUT2D eigenvalue weighted by molar-refractivity contribution is 0.0511. The van der Waals surface area contributed by atoms with Crippen molar-refractivity contribution in [3.63, 3.8) is 0 Å². The molecule has 0 N–H and O–H groups in total. The van der Waals surface area contributed by atoms with Gasteiger partial charge in [0, 0.05) is 18.2 Å². The third kappa shape index (κ3) is 3.53. The summed E-state index contributed by atoms with van der Waals surface area (Å²) in [5.74, 6) is 1.64. The van der Waals surface area contributed by atoms with Gasteiger partial charge in [-0.05, 0) is 39.0 Å². The molecule has 0 amide bonds. The largest absolute Gasteiger partial charge is 0.468 e. The summed E-state index contributed by atoms with van der Waals surface area (Å²) in [6.07, 6.45) is 0. The van der Waals surface area contributed by atoms with Gasteiger partial charge in [0.15, 0.2) is 12.6 Å². The van der Waals surface area contributed by atoms with Crippen molar-refractivity contribution >= 4 is 23.2 Å². The van der Waals surface area contributed by atoms with Crippen LogP contribution in [0, 0.1) is 20.8 Å². The van der Waals surface area contributed by atoms with Crippen molar-refractivity contribution in [2.75, 3.05) is 13.9 Å². The number of ether oxygens (including phenoxy) is 2. The van der Waals surface area contributed by atoms with E-state index in [-0.39, 0.29) is 6.79 Å². The Morgan fingerprint density at radius 1 is 1.12 bits per heavy atom. The third-order valence-electron chi connectivity index (χ3n) is 3.88. The van der Waals surface area contributed by atoms with Crippen molar-refractivity contribution in [1.82, 2.24) is 15.1 Å². The van der Waals surface area contributed by atoms with Crippen molar-refractivity contribution in [2.24, 2.45) is 0 Å². The standard InChI is InChI=1S/C18H17Cl2N3O3/c1-9-16(15-10(2)23-26-11(15)3)21-18(22-17(9)20)13-7-12(25-8-24-4)5-6-14(13)19/h5-7H,8H2,1-4H3. The van der Waals surface area contributed by atoms with Crippen LogP contribution in [-0.2, 0) is 4.74 Å². The highest BCUT2D eigenvalue weighted by atomic mass is 35.5. The zero-order valence-corrected chi connectivity index (χ0v) is 16.3. The van der Waals surface area contributed by atoms with Gasteiger partial charge >= 0.3 is 0 Å². The average Bonchev–Trinajstić information content (AvgIpc) is 2.95. The summed E-state index contributed by atoms with van der Waals surface area (Å²) < 4.78 is 15.7. The highest BCUT2D eigenvalue weighted by molar-refractivity contribution is 6.33. The average molecular weight is 394 g/mol. The number of benzene rings is 1. The molecule has 0 fully saturated rings. The minimum atomic E-state index is 0.126. The summed E-state index contributed by atoms with van der Waals surface area (Å²) in [5.41, 5.74) is 3.55. The molecule has 2 heterocycles. The molecule has 0 aliphatic carbocycles. The molecule has 8 heteroatoms. The third-order valence-corrected chi connectivity index (χ3v) is 4.58. The quantitative estimate of drug-likeness (QED) is 0.447. The lowest BCUT2D eigenvalue weighted by Gasteiger charge is -2.12. The minimum absolute atomic E-state index is 0.126. The Morgan fingerprint density at radius 2 is 1.88 bits per heavy atom. The lowest BCUT2D eigenvalue weighted by atomic mass is 10.1. The first kappa shape index (κ1) is 18.6. The van der Waals surface area contributed by atoms with Crippen molar-refractivity contribution in [2.45, 2.75) is 20.8 Å². The fourth-order valence-corrected chi connectivity index (χ4v) is 2.94. The van der Waals surface area contributed by atoms with Crippen LogP contribution in [-0.4, -0.2) is 29.0 Å². The molecular formula is C18H17Cl2N3O3. The molecule has 0 saturated carbocycles. The van der Waals surface area contributed by atoms with Crippen LogP contribution in [0.15, 0.2) is 22.7 Å². The predicted octanol–water partition coefficient (Wildman–Crippen LogP) is 5.01. The van der Waals surface area contributed by atoms with Crippen LogP contribution in [0.3, 0.4) is 0 Å². The summed E-state index contributed by atoms with van der Waals surface area (Å²) in [6.45, 7) is 5.66. The number of halogens is 2. The molecule has 0 saturated heterocycles. The van der Waals surface area contributed by atoms with Crippen LogP contribution in [0.5, 0.6) is 5.75 Å². The van der Waals surface area contributed by atoms with Gasteiger partial charge in [-0.3, -0.25) is 0 Å². The SMILES string of the molecule is COCOc1ccc(Cl)c(-c2nc(Cl)c(C)c(-c3c(C)noc3C)n2)c1. The number of hydrogen-bond donors (Lipinski definition) is 0. The van der Waals surface area contributed by atoms with Gasteiger partial charge < -0.3 is 14.0 Å². The second-order valence-corrected chi connectivity index (χ2v) is 6.47. The predicted molar refractivity (Wildman–Crippen MR) is 99.7 cm³/mol. The molecule has 0 radical (unpaired) electrons. The van der Waals surface area contributed by atoms with Crippen molar-refractivity contribution in [3.8, 4) is 28.4 Å². The summed E-state index contributed by atoms with van der Waals surface area (Å²) >= 11 is 12.7. The molecule has 0 atom stereocenters. The number of aryl methyl sites for hydroxylation is 2. The Bertz CT molecular complexity index is 938. The minimum Gasteiger partial charge on any atom is -0.468 e. The van der Waals surface area contributed by atoms with Crippen molar-refractivity contribution in [3.05, 3.63) is 45.4 Å². The van der Waals surface area contributed by atoms with Gasteiger partial charge in [-0.25, -0.2) is 9.97 Å². The van der Waals surface area contributed by atoms with Crippen molar-refractivity contribution in [1.29, 1.82) is 0 Å². The maximum atomic E-state index is 6.37. The van der Waals surface area contributed by atoms with Crippen LogP contribution in [0.1, 0.15) is 17.0 Å². The molecule has 2 aromatic heterocycles. The monoisotopic (exact) mass is 393 g/mol. The lowest BCUT2D eigenvalue weighted by Crippen LogP contribution is -2.01. The summed E-state index contributed by atoms with van der Waals surface area (Å²) in [6, 6.07) is 5.21. The molecule has 0 bridgehead atoms. The molecule has 6 nitrogen and oxygen atoms in total. The Kier molecular flexibility index (Phi) is 5.46. The van der Waals surface area contributed by atoms with E-state index in [1.54, 1.807) is 25.3 Å². The van der Waals surface area contributed by atoms with Crippen molar-refractivity contribution < 1.29 is 14.0 Å². The number of aromatic nitrogens is 3. The molecule has 0 aliphatic rings. The first-order valence-corrected chi connectivity index (χ1v) is 8.57. The maximum absolute atomic E-state index is 6.37. The van der Waals surface area contributed by atoms with Gasteiger partial charge in [0.05, 0.1) is 22.0 Å². The highest BCUT2D eigenvalue weighted by Gasteiger charge is 2.20. The van der Waals surface area contributed by atoms with Crippen LogP contribution >= 0.6 is 23.2 Å². The Balaban J connectivity index is 2.16. The van der Waals surface area contributed by atoms with Gasteiger partial charge in [0.2, 0.25) is 0 Å². The van der Waals surface area contributed by atoms with E-state index in [0.717, 1.165) is 16.8 Å². The van der Waals surface area contributed by atoms with Crippen LogP contribution in [0.4, 0.5) is 0 Å². The van der Waals surface area contributed by atoms with Gasteiger partial charge in [-0.2, -0.15) is 0 Å². The molecular weight excluding hydrogens is 377 g/mol. The van der Waals surface area contributed by atoms with Crippen LogP contribution < -0.4 is 4.74 Å². The van der Waals surface area contributed by atoms with Gasteiger partial charge in [-0.15, -0.1) is 0 Å². The van der Waals surface area contributed by atoms with Gasteiger partial charge in [-0.1, -0.05) is 28.4 Å². The van der Waals surface area contributed by atoms with E-state index in [2.05, 4.69) is 15.1 Å². The smallest absolute Gasteiger partial charge is 0.188 e. The second-order valence-electron chi connectivity index (χ2n) is 5.70. The van der Waals surface area contributed by atoms with Gasteiger partial charge in [0.1, 0.15) is 16.7 Å². The zero-order chi connectivity index (χ0) is 18.8. The molecule has 3 aromatic rings. The number of methoxy groups -OCH3 is 1. The van der Waals surface area contributed by atoms with E-state index in [4.69, 9.17) is 37.2 Å². The zero-order valence-electron chi connectivity index (χ0n) is 14.8. The topological polar surface area (TPSA) is 70.3 Å². The van der Waals surface area contributed by atoms with Gasteiger partial charge in [0.25, 0.3) is 0 Å². The summed E-state index contributed by atoms with van der Waals surface area (Å²) in [7, 11) is 1.55. The number of nitrogens with zero attached hydrogens (tertiary/aromatic N) is 3. The van der Waals surface area contributed by atoms with E-state index in [0.29, 0.717) is 38.8 Å². The van der Waals surface area contributed by atoms with E-state index in [1.165, 1.54) is 0 Å². The molecule has 136 valence electrons. The Morgan fingerprint density at radius 3 is 2.54 bits per heavy atom. The van der Waals surface area contributed by atoms with E-state index in [1.807, 2.05) is 20.8 Å². The second kappa shape index (κ2) is 7.61. The molecule has 3 rings (SSSR count). The van der Waals surface area contributed by atoms with E-state index in [9.17, 15) is 0 Å². The molecule has 1 aromatic carbocycles. The first-order valence-electron chi connectivity index (χ1n) is 7.81. The number of rotatable bonds is 5. The summed E-state index contributed by atoms with van der Waals surface area (Å²) in [5, 5.41) is 4.82. The Labute approximate surface area is 161 Å². The normalized spacial score (nSPS) is 11.0. The maximum Gasteiger partial charge on any atom is 0.188 e. The fraction of sp³-hybridized carbons (Fsp3) is 0.278. The highest BCUT2D eigenvalue weighted by Crippen LogP contribution is 2.35. The molecule has 0 unspecified atom stereocenters. The van der Waals surface area contributed by atoms with Crippen LogP contribution in [0.25, 0.3) is 22.6 Å².